The molecule has 0 fully saturated rings. The van der Waals surface area contributed by atoms with Crippen LogP contribution in [0.25, 0.3) is 0 Å². The van der Waals surface area contributed by atoms with Gasteiger partial charge in [0.25, 0.3) is 0 Å². The highest BCUT2D eigenvalue weighted by molar-refractivity contribution is 7.85. The van der Waals surface area contributed by atoms with Gasteiger partial charge in [0.05, 0.1) is 26.4 Å². The molecule has 0 radical (unpaired) electrons. The molecule has 0 amide bonds. The van der Waals surface area contributed by atoms with E-state index in [9.17, 15) is 30.6 Å². The summed E-state index contributed by atoms with van der Waals surface area (Å²) in [5.74, 6) is -3.35. The number of rotatable bonds is 3. The third kappa shape index (κ3) is 5.16. The van der Waals surface area contributed by atoms with Crippen LogP contribution in [0.1, 0.15) is 5.56 Å². The first-order chi connectivity index (χ1) is 9.81. The Hall–Kier alpha value is -1.29. The molecule has 0 heterocycles. The summed E-state index contributed by atoms with van der Waals surface area (Å²) in [4.78, 5) is 2.65. The van der Waals surface area contributed by atoms with Gasteiger partial charge in [-0.3, -0.25) is 4.21 Å². The van der Waals surface area contributed by atoms with Crippen molar-refractivity contribution in [1.29, 1.82) is 0 Å². The molecule has 3 nitrogen and oxygen atoms in total. The zero-order chi connectivity index (χ0) is 17.3. The third-order valence-electron chi connectivity index (χ3n) is 2.32. The number of hydrogen-bond acceptors (Lipinski definition) is 2. The number of nitrogens with two attached hydrogens (primary N) is 1. The van der Waals surface area contributed by atoms with E-state index in [0.717, 1.165) is 12.1 Å². The van der Waals surface area contributed by atoms with Crippen molar-refractivity contribution < 1.29 is 30.6 Å². The van der Waals surface area contributed by atoms with Crippen molar-refractivity contribution in [3.05, 3.63) is 22.7 Å². The van der Waals surface area contributed by atoms with Crippen LogP contribution in [-0.4, -0.2) is 28.1 Å². The highest BCUT2D eigenvalue weighted by Gasteiger charge is 2.34. The Kier molecular flexibility index (Phi) is 5.50. The van der Waals surface area contributed by atoms with Crippen LogP contribution in [0.5, 0.6) is 0 Å². The first kappa shape index (κ1) is 18.8. The van der Waals surface area contributed by atoms with E-state index in [-0.39, 0.29) is 16.3 Å². The Bertz CT molecular complexity index is 626. The molecule has 0 aliphatic heterocycles. The van der Waals surface area contributed by atoms with E-state index >= 15 is 0 Å². The van der Waals surface area contributed by atoms with Gasteiger partial charge in [0.2, 0.25) is 5.84 Å². The Morgan fingerprint density at radius 1 is 1.27 bits per heavy atom. The van der Waals surface area contributed by atoms with Crippen LogP contribution >= 0.6 is 11.6 Å². The maximum atomic E-state index is 12.3. The smallest absolute Gasteiger partial charge is 0.380 e. The zero-order valence-electron chi connectivity index (χ0n) is 10.8. The Labute approximate surface area is 128 Å². The lowest BCUT2D eigenvalue weighted by atomic mass is 10.2. The molecule has 0 bridgehead atoms. The topological polar surface area (TPSA) is 55.5 Å². The molecule has 1 unspecified atom stereocenters. The molecule has 124 valence electrons. The highest BCUT2D eigenvalue weighted by Crippen LogP contribution is 2.32. The van der Waals surface area contributed by atoms with Crippen molar-refractivity contribution in [3.63, 3.8) is 0 Å². The molecule has 1 aromatic carbocycles. The second kappa shape index (κ2) is 6.45. The van der Waals surface area contributed by atoms with Crippen LogP contribution in [0.2, 0.25) is 5.02 Å². The minimum atomic E-state index is -4.89. The SMILES string of the molecule is Cc1cc(Cl)c(S(=O)CC(F)(F)F)cc1N=C(N)C(F)(F)F. The van der Waals surface area contributed by atoms with Gasteiger partial charge >= 0.3 is 12.4 Å². The van der Waals surface area contributed by atoms with Crippen molar-refractivity contribution in [1.82, 2.24) is 0 Å². The second-order valence-corrected chi connectivity index (χ2v) is 6.00. The van der Waals surface area contributed by atoms with E-state index in [1.54, 1.807) is 0 Å². The lowest BCUT2D eigenvalue weighted by Crippen LogP contribution is -2.30. The van der Waals surface area contributed by atoms with Gasteiger partial charge in [-0.05, 0) is 24.6 Å². The standard InChI is InChI=1S/C11H9ClF6N2OS/c1-5-2-6(12)8(22(21)4-10(13,14)15)3-7(5)20-9(19)11(16,17)18/h2-3H,4H2,1H3,(H2,19,20). The highest BCUT2D eigenvalue weighted by atomic mass is 35.5. The number of aliphatic imine (C=N–C) groups is 1. The molecular formula is C11H9ClF6N2OS. The normalized spacial score (nSPS) is 15.0. The summed E-state index contributed by atoms with van der Waals surface area (Å²) in [6, 6.07) is 1.88. The Morgan fingerprint density at radius 3 is 2.27 bits per heavy atom. The molecule has 11 heteroatoms. The summed E-state index contributed by atoms with van der Waals surface area (Å²) in [5, 5.41) is -0.260. The van der Waals surface area contributed by atoms with Gasteiger partial charge in [-0.1, -0.05) is 11.6 Å². The van der Waals surface area contributed by atoms with Crippen molar-refractivity contribution in [2.45, 2.75) is 24.2 Å². The van der Waals surface area contributed by atoms with Gasteiger partial charge in [-0.15, -0.1) is 0 Å². The summed E-state index contributed by atoms with van der Waals surface area (Å²) < 4.78 is 85.4. The number of hydrogen-bond donors (Lipinski definition) is 1. The third-order valence-corrected chi connectivity index (χ3v) is 4.16. The average Bonchev–Trinajstić information content (AvgIpc) is 2.28. The van der Waals surface area contributed by atoms with Gasteiger partial charge < -0.3 is 5.73 Å². The quantitative estimate of drug-likeness (QED) is 0.501. The predicted molar refractivity (Wildman–Crippen MR) is 70.9 cm³/mol. The summed E-state index contributed by atoms with van der Waals surface area (Å²) in [6.45, 7) is 1.34. The fourth-order valence-electron chi connectivity index (χ4n) is 1.36. The zero-order valence-corrected chi connectivity index (χ0v) is 12.4. The Morgan fingerprint density at radius 2 is 1.82 bits per heavy atom. The molecule has 1 aromatic rings. The first-order valence-corrected chi connectivity index (χ1v) is 7.17. The van der Waals surface area contributed by atoms with Crippen LogP contribution < -0.4 is 5.73 Å². The molecular weight excluding hydrogens is 358 g/mol. The molecule has 0 saturated carbocycles. The molecule has 0 saturated heterocycles. The van der Waals surface area contributed by atoms with E-state index < -0.39 is 39.6 Å². The monoisotopic (exact) mass is 366 g/mol. The van der Waals surface area contributed by atoms with E-state index in [0.29, 0.717) is 0 Å². The number of aryl methyl sites for hydroxylation is 1. The van der Waals surface area contributed by atoms with Crippen molar-refractivity contribution in [2.24, 2.45) is 10.7 Å². The van der Waals surface area contributed by atoms with Crippen molar-refractivity contribution >= 4 is 33.9 Å². The molecule has 1 atom stereocenters. The van der Waals surface area contributed by atoms with Gasteiger partial charge in [0.1, 0.15) is 5.75 Å². The molecule has 0 aliphatic rings. The van der Waals surface area contributed by atoms with Gasteiger partial charge in [0, 0.05) is 0 Å². The second-order valence-electron chi connectivity index (χ2n) is 4.17. The van der Waals surface area contributed by atoms with E-state index in [4.69, 9.17) is 17.3 Å². The van der Waals surface area contributed by atoms with Gasteiger partial charge in [-0.2, -0.15) is 26.3 Å². The number of benzene rings is 1. The molecule has 1 rings (SSSR count). The minimum Gasteiger partial charge on any atom is -0.380 e. The number of nitrogens with zero attached hydrogens (tertiary/aromatic N) is 1. The lowest BCUT2D eigenvalue weighted by molar-refractivity contribution is -0.105. The first-order valence-electron chi connectivity index (χ1n) is 5.48. The maximum absolute atomic E-state index is 12.3. The number of alkyl halides is 6. The molecule has 2 N–H and O–H groups in total. The summed E-state index contributed by atoms with van der Waals surface area (Å²) >= 11 is 5.69. The van der Waals surface area contributed by atoms with Crippen molar-refractivity contribution in [2.75, 3.05) is 5.75 Å². The van der Waals surface area contributed by atoms with Crippen LogP contribution in [-0.2, 0) is 10.8 Å². The van der Waals surface area contributed by atoms with Crippen molar-refractivity contribution in [3.8, 4) is 0 Å². The molecule has 0 aliphatic carbocycles. The van der Waals surface area contributed by atoms with E-state index in [1.165, 1.54) is 6.92 Å². The molecule has 0 aromatic heterocycles. The van der Waals surface area contributed by atoms with Crippen LogP contribution in [0.15, 0.2) is 22.0 Å². The number of halogens is 7. The van der Waals surface area contributed by atoms with Gasteiger partial charge in [-0.25, -0.2) is 4.99 Å². The van der Waals surface area contributed by atoms with E-state index in [1.807, 2.05) is 0 Å². The van der Waals surface area contributed by atoms with Gasteiger partial charge in [0.15, 0.2) is 0 Å². The summed E-state index contributed by atoms with van der Waals surface area (Å²) in [7, 11) is -2.57. The summed E-state index contributed by atoms with van der Waals surface area (Å²) in [6.07, 6.45) is -9.61. The predicted octanol–water partition coefficient (Wildman–Crippen LogP) is 3.87. The number of amidine groups is 1. The minimum absolute atomic E-state index is 0.143. The Balaban J connectivity index is 3.29. The largest absolute Gasteiger partial charge is 0.448 e. The molecule has 22 heavy (non-hydrogen) atoms. The average molecular weight is 367 g/mol. The fourth-order valence-corrected chi connectivity index (χ4v) is 2.81. The van der Waals surface area contributed by atoms with Crippen LogP contribution in [0.3, 0.4) is 0 Å². The molecule has 0 spiro atoms. The lowest BCUT2D eigenvalue weighted by Gasteiger charge is -2.11. The van der Waals surface area contributed by atoms with E-state index in [2.05, 4.69) is 4.99 Å². The maximum Gasteiger partial charge on any atom is 0.448 e. The van der Waals surface area contributed by atoms with Crippen LogP contribution in [0, 0.1) is 6.92 Å². The fraction of sp³-hybridized carbons (Fsp3) is 0.364. The summed E-state index contributed by atoms with van der Waals surface area (Å²) in [5.41, 5.74) is 4.54. The van der Waals surface area contributed by atoms with Crippen LogP contribution in [0.4, 0.5) is 32.0 Å².